The summed E-state index contributed by atoms with van der Waals surface area (Å²) in [5, 5.41) is 4.94. The fourth-order valence-electron chi connectivity index (χ4n) is 3.15. The van der Waals surface area contributed by atoms with Gasteiger partial charge in [-0.25, -0.2) is 5.43 Å². The van der Waals surface area contributed by atoms with E-state index in [2.05, 4.69) is 10.5 Å². The van der Waals surface area contributed by atoms with Crippen LogP contribution in [0.25, 0.3) is 0 Å². The van der Waals surface area contributed by atoms with Gasteiger partial charge in [-0.2, -0.15) is 5.10 Å². The molecule has 0 spiro atoms. The van der Waals surface area contributed by atoms with E-state index >= 15 is 0 Å². The standard InChI is InChI=1S/C13H23ClN4O/c1-3-18-11(10(14)9-16-18)12(17-15)13(19-2)7-5-4-6-8-13/h9,12,17H,3-8,15H2,1-2H3. The zero-order valence-electron chi connectivity index (χ0n) is 11.7. The molecule has 1 saturated carbocycles. The first-order valence-corrected chi connectivity index (χ1v) is 7.28. The van der Waals surface area contributed by atoms with Crippen LogP contribution in [0.4, 0.5) is 0 Å². The summed E-state index contributed by atoms with van der Waals surface area (Å²) >= 11 is 6.30. The highest BCUT2D eigenvalue weighted by Gasteiger charge is 2.42. The number of methoxy groups -OCH3 is 1. The number of nitrogens with zero attached hydrogens (tertiary/aromatic N) is 2. The van der Waals surface area contributed by atoms with Gasteiger partial charge in [-0.05, 0) is 19.8 Å². The van der Waals surface area contributed by atoms with Gasteiger partial charge in [0.05, 0.1) is 28.6 Å². The zero-order chi connectivity index (χ0) is 13.9. The normalized spacial score (nSPS) is 20.4. The first-order valence-electron chi connectivity index (χ1n) is 6.91. The van der Waals surface area contributed by atoms with Crippen molar-refractivity contribution in [2.45, 2.75) is 57.2 Å². The van der Waals surface area contributed by atoms with E-state index in [1.165, 1.54) is 6.42 Å². The van der Waals surface area contributed by atoms with E-state index in [1.54, 1.807) is 13.3 Å². The predicted molar refractivity (Wildman–Crippen MR) is 75.8 cm³/mol. The van der Waals surface area contributed by atoms with E-state index in [4.69, 9.17) is 22.2 Å². The Bertz CT molecular complexity index is 415. The Morgan fingerprint density at radius 3 is 2.74 bits per heavy atom. The highest BCUT2D eigenvalue weighted by molar-refractivity contribution is 6.31. The number of ether oxygens (including phenoxy) is 1. The Balaban J connectivity index is 2.39. The van der Waals surface area contributed by atoms with Crippen LogP contribution in [0.2, 0.25) is 5.02 Å². The van der Waals surface area contributed by atoms with Crippen molar-refractivity contribution in [1.82, 2.24) is 15.2 Å². The first kappa shape index (κ1) is 14.8. The lowest BCUT2D eigenvalue weighted by Gasteiger charge is -2.42. The van der Waals surface area contributed by atoms with E-state index in [9.17, 15) is 0 Å². The monoisotopic (exact) mass is 286 g/mol. The third-order valence-corrected chi connectivity index (χ3v) is 4.50. The second-order valence-electron chi connectivity index (χ2n) is 5.12. The summed E-state index contributed by atoms with van der Waals surface area (Å²) in [4.78, 5) is 0. The second-order valence-corrected chi connectivity index (χ2v) is 5.53. The van der Waals surface area contributed by atoms with Crippen LogP contribution in [0.1, 0.15) is 50.8 Å². The van der Waals surface area contributed by atoms with E-state index in [0.29, 0.717) is 5.02 Å². The molecule has 5 nitrogen and oxygen atoms in total. The van der Waals surface area contributed by atoms with Crippen LogP contribution in [-0.4, -0.2) is 22.5 Å². The number of hydrogen-bond donors (Lipinski definition) is 2. The average molecular weight is 287 g/mol. The number of nitrogens with two attached hydrogens (primary N) is 1. The third kappa shape index (κ3) is 2.65. The zero-order valence-corrected chi connectivity index (χ0v) is 12.4. The molecule has 1 unspecified atom stereocenters. The summed E-state index contributed by atoms with van der Waals surface area (Å²) in [5.74, 6) is 5.82. The van der Waals surface area contributed by atoms with Gasteiger partial charge in [-0.3, -0.25) is 10.5 Å². The molecule has 6 heteroatoms. The van der Waals surface area contributed by atoms with E-state index in [-0.39, 0.29) is 11.6 Å². The Kier molecular flexibility index (Phi) is 4.84. The van der Waals surface area contributed by atoms with Gasteiger partial charge in [0, 0.05) is 13.7 Å². The van der Waals surface area contributed by atoms with Crippen LogP contribution in [0.3, 0.4) is 0 Å². The molecule has 0 amide bonds. The number of hydrazine groups is 1. The van der Waals surface area contributed by atoms with Crippen molar-refractivity contribution in [3.8, 4) is 0 Å². The molecule has 108 valence electrons. The molecular formula is C13H23ClN4O. The molecule has 3 N–H and O–H groups in total. The fourth-order valence-corrected chi connectivity index (χ4v) is 3.40. The Labute approximate surface area is 119 Å². The minimum Gasteiger partial charge on any atom is -0.376 e. The van der Waals surface area contributed by atoms with Crippen molar-refractivity contribution in [2.75, 3.05) is 7.11 Å². The minimum atomic E-state index is -0.288. The molecule has 0 radical (unpaired) electrons. The van der Waals surface area contributed by atoms with Gasteiger partial charge in [0.2, 0.25) is 0 Å². The number of aromatic nitrogens is 2. The molecule has 0 aliphatic heterocycles. The van der Waals surface area contributed by atoms with Crippen LogP contribution >= 0.6 is 11.6 Å². The quantitative estimate of drug-likeness (QED) is 0.644. The summed E-state index contributed by atoms with van der Waals surface area (Å²) in [6, 6.07) is -0.132. The Morgan fingerprint density at radius 1 is 1.53 bits per heavy atom. The average Bonchev–Trinajstić information content (AvgIpc) is 2.82. The van der Waals surface area contributed by atoms with Gasteiger partial charge in [0.1, 0.15) is 0 Å². The van der Waals surface area contributed by atoms with Crippen molar-refractivity contribution >= 4 is 11.6 Å². The Hall–Kier alpha value is -0.620. The van der Waals surface area contributed by atoms with Crippen LogP contribution < -0.4 is 11.3 Å². The van der Waals surface area contributed by atoms with Crippen LogP contribution in [-0.2, 0) is 11.3 Å². The maximum absolute atomic E-state index is 6.30. The molecule has 1 aromatic rings. The maximum atomic E-state index is 6.30. The van der Waals surface area contributed by atoms with Crippen molar-refractivity contribution in [3.63, 3.8) is 0 Å². The van der Waals surface area contributed by atoms with Crippen LogP contribution in [0, 0.1) is 0 Å². The predicted octanol–water partition coefficient (Wildman–Crippen LogP) is 2.41. The summed E-state index contributed by atoms with van der Waals surface area (Å²) in [6.07, 6.45) is 7.22. The molecule has 1 aromatic heterocycles. The van der Waals surface area contributed by atoms with E-state index in [1.807, 2.05) is 11.6 Å². The molecule has 0 saturated heterocycles. The van der Waals surface area contributed by atoms with Gasteiger partial charge < -0.3 is 4.74 Å². The minimum absolute atomic E-state index is 0.132. The molecule has 0 bridgehead atoms. The lowest BCUT2D eigenvalue weighted by atomic mass is 9.78. The van der Waals surface area contributed by atoms with E-state index < -0.39 is 0 Å². The SMILES string of the molecule is CCn1ncc(Cl)c1C(NN)C1(OC)CCCCC1. The van der Waals surface area contributed by atoms with Gasteiger partial charge in [-0.1, -0.05) is 30.9 Å². The topological polar surface area (TPSA) is 65.1 Å². The van der Waals surface area contributed by atoms with Crippen molar-refractivity contribution in [1.29, 1.82) is 0 Å². The highest BCUT2D eigenvalue weighted by Crippen LogP contribution is 2.42. The summed E-state index contributed by atoms with van der Waals surface area (Å²) in [5.41, 5.74) is 3.55. The lowest BCUT2D eigenvalue weighted by molar-refractivity contribution is -0.0707. The maximum Gasteiger partial charge on any atom is 0.0933 e. The number of nitrogens with one attached hydrogen (secondary N) is 1. The summed E-state index contributed by atoms with van der Waals surface area (Å²) in [6.45, 7) is 2.81. The van der Waals surface area contributed by atoms with Gasteiger partial charge >= 0.3 is 0 Å². The second kappa shape index (κ2) is 6.22. The third-order valence-electron chi connectivity index (χ3n) is 4.21. The molecule has 1 heterocycles. The number of halogens is 1. The summed E-state index contributed by atoms with van der Waals surface area (Å²) in [7, 11) is 1.76. The lowest BCUT2D eigenvalue weighted by Crippen LogP contribution is -2.50. The largest absolute Gasteiger partial charge is 0.376 e. The van der Waals surface area contributed by atoms with Gasteiger partial charge in [-0.15, -0.1) is 0 Å². The van der Waals surface area contributed by atoms with Crippen LogP contribution in [0.15, 0.2) is 6.20 Å². The van der Waals surface area contributed by atoms with Gasteiger partial charge in [0.15, 0.2) is 0 Å². The fraction of sp³-hybridized carbons (Fsp3) is 0.769. The van der Waals surface area contributed by atoms with Crippen molar-refractivity contribution in [2.24, 2.45) is 5.84 Å². The highest BCUT2D eigenvalue weighted by atomic mass is 35.5. The summed E-state index contributed by atoms with van der Waals surface area (Å²) < 4.78 is 7.76. The molecular weight excluding hydrogens is 264 g/mol. The smallest absolute Gasteiger partial charge is 0.0933 e. The number of aryl methyl sites for hydroxylation is 1. The molecule has 1 aliphatic rings. The number of rotatable bonds is 5. The molecule has 1 atom stereocenters. The Morgan fingerprint density at radius 2 is 2.21 bits per heavy atom. The molecule has 19 heavy (non-hydrogen) atoms. The number of hydrogen-bond acceptors (Lipinski definition) is 4. The van der Waals surface area contributed by atoms with E-state index in [0.717, 1.165) is 37.9 Å². The molecule has 1 fully saturated rings. The molecule has 2 rings (SSSR count). The first-order chi connectivity index (χ1) is 9.18. The van der Waals surface area contributed by atoms with Crippen molar-refractivity contribution in [3.05, 3.63) is 16.9 Å². The van der Waals surface area contributed by atoms with Crippen molar-refractivity contribution < 1.29 is 4.74 Å². The molecule has 1 aliphatic carbocycles. The van der Waals surface area contributed by atoms with Crippen LogP contribution in [0.5, 0.6) is 0 Å². The molecule has 0 aromatic carbocycles. The van der Waals surface area contributed by atoms with Gasteiger partial charge in [0.25, 0.3) is 0 Å².